The lowest BCUT2D eigenvalue weighted by molar-refractivity contribution is 0.0545. The highest BCUT2D eigenvalue weighted by Crippen LogP contribution is 2.21. The summed E-state index contributed by atoms with van der Waals surface area (Å²) in [6, 6.07) is 19.9. The fraction of sp³-hybridized carbons (Fsp3) is 0.333. The Balaban J connectivity index is 2.00. The van der Waals surface area contributed by atoms with Crippen LogP contribution < -0.4 is 5.32 Å². The van der Waals surface area contributed by atoms with Crippen LogP contribution in [0.25, 0.3) is 0 Å². The van der Waals surface area contributed by atoms with Crippen LogP contribution in [0.3, 0.4) is 0 Å². The first-order chi connectivity index (χ1) is 10.8. The van der Waals surface area contributed by atoms with Gasteiger partial charge >= 0.3 is 0 Å². The number of alkyl halides is 1. The van der Waals surface area contributed by atoms with Gasteiger partial charge in [0, 0.05) is 6.54 Å². The molecule has 4 heteroatoms. The van der Waals surface area contributed by atoms with E-state index in [1.165, 1.54) is 0 Å². The fourth-order valence-electron chi connectivity index (χ4n) is 2.30. The van der Waals surface area contributed by atoms with Crippen molar-refractivity contribution in [1.82, 2.24) is 5.32 Å². The highest BCUT2D eigenvalue weighted by atomic mass is 19.1. The summed E-state index contributed by atoms with van der Waals surface area (Å²) in [5.74, 6) is 0. The van der Waals surface area contributed by atoms with Gasteiger partial charge in [-0.3, -0.25) is 0 Å². The molecule has 0 bridgehead atoms. The van der Waals surface area contributed by atoms with E-state index < -0.39 is 6.17 Å². The van der Waals surface area contributed by atoms with Crippen molar-refractivity contribution in [3.05, 3.63) is 71.8 Å². The molecule has 2 rings (SSSR count). The second-order valence-corrected chi connectivity index (χ2v) is 5.06. The molecule has 0 radical (unpaired) electrons. The Morgan fingerprint density at radius 3 is 2.00 bits per heavy atom. The van der Waals surface area contributed by atoms with E-state index in [9.17, 15) is 4.39 Å². The zero-order valence-corrected chi connectivity index (χ0v) is 12.5. The Kier molecular flexibility index (Phi) is 7.03. The molecule has 0 saturated heterocycles. The van der Waals surface area contributed by atoms with Crippen LogP contribution in [0.2, 0.25) is 0 Å². The number of hydrogen-bond acceptors (Lipinski definition) is 3. The number of hydrogen-bond donors (Lipinski definition) is 2. The minimum atomic E-state index is -1.11. The van der Waals surface area contributed by atoms with Crippen molar-refractivity contribution in [3.63, 3.8) is 0 Å². The molecular formula is C18H22FNO2. The second kappa shape index (κ2) is 9.30. The molecule has 0 aliphatic heterocycles. The normalized spacial score (nSPS) is 12.5. The smallest absolute Gasteiger partial charge is 0.136 e. The Labute approximate surface area is 130 Å². The van der Waals surface area contributed by atoms with Crippen molar-refractivity contribution in [3.8, 4) is 0 Å². The van der Waals surface area contributed by atoms with Crippen LogP contribution in [-0.2, 0) is 4.74 Å². The zero-order chi connectivity index (χ0) is 15.6. The van der Waals surface area contributed by atoms with Gasteiger partial charge in [-0.2, -0.15) is 0 Å². The van der Waals surface area contributed by atoms with Gasteiger partial charge in [0.2, 0.25) is 0 Å². The number of aliphatic hydroxyl groups is 1. The van der Waals surface area contributed by atoms with Crippen molar-refractivity contribution < 1.29 is 14.2 Å². The zero-order valence-electron chi connectivity index (χ0n) is 12.5. The molecule has 118 valence electrons. The van der Waals surface area contributed by atoms with Crippen LogP contribution in [-0.4, -0.2) is 37.6 Å². The standard InChI is InChI=1S/C18H22FNO2/c19-17(14-22-12-11-21)13-20-18(15-7-3-1-4-8-15)16-9-5-2-6-10-16/h1-10,17-18,20-21H,11-14H2. The summed E-state index contributed by atoms with van der Waals surface area (Å²) >= 11 is 0. The van der Waals surface area contributed by atoms with Crippen LogP contribution in [0.5, 0.6) is 0 Å². The minimum Gasteiger partial charge on any atom is -0.394 e. The molecule has 0 aliphatic carbocycles. The predicted molar refractivity (Wildman–Crippen MR) is 85.5 cm³/mol. The SMILES string of the molecule is OCCOCC(F)CNC(c1ccccc1)c1ccccc1. The van der Waals surface area contributed by atoms with Gasteiger partial charge in [0.25, 0.3) is 0 Å². The van der Waals surface area contributed by atoms with E-state index in [1.807, 2.05) is 60.7 Å². The van der Waals surface area contributed by atoms with E-state index >= 15 is 0 Å². The molecule has 1 unspecified atom stereocenters. The quantitative estimate of drug-likeness (QED) is 0.700. The Morgan fingerprint density at radius 1 is 0.955 bits per heavy atom. The topological polar surface area (TPSA) is 41.5 Å². The molecule has 3 nitrogen and oxygen atoms in total. The fourth-order valence-corrected chi connectivity index (χ4v) is 2.30. The summed E-state index contributed by atoms with van der Waals surface area (Å²) in [5, 5.41) is 11.9. The largest absolute Gasteiger partial charge is 0.394 e. The average Bonchev–Trinajstić information content (AvgIpc) is 2.57. The summed E-state index contributed by atoms with van der Waals surface area (Å²) in [7, 11) is 0. The summed E-state index contributed by atoms with van der Waals surface area (Å²) in [5.41, 5.74) is 2.19. The summed E-state index contributed by atoms with van der Waals surface area (Å²) in [6.07, 6.45) is -1.11. The number of halogens is 1. The van der Waals surface area contributed by atoms with E-state index in [0.717, 1.165) is 11.1 Å². The third-order valence-corrected chi connectivity index (χ3v) is 3.34. The maximum Gasteiger partial charge on any atom is 0.136 e. The van der Waals surface area contributed by atoms with E-state index in [0.29, 0.717) is 0 Å². The lowest BCUT2D eigenvalue weighted by Crippen LogP contribution is -2.31. The summed E-state index contributed by atoms with van der Waals surface area (Å²) in [4.78, 5) is 0. The molecule has 0 heterocycles. The first-order valence-corrected chi connectivity index (χ1v) is 7.47. The maximum atomic E-state index is 13.8. The number of rotatable bonds is 9. The van der Waals surface area contributed by atoms with E-state index in [2.05, 4.69) is 5.32 Å². The molecule has 2 N–H and O–H groups in total. The molecule has 0 spiro atoms. The molecular weight excluding hydrogens is 281 g/mol. The van der Waals surface area contributed by atoms with Crippen molar-refractivity contribution in [2.24, 2.45) is 0 Å². The summed E-state index contributed by atoms with van der Waals surface area (Å²) in [6.45, 7) is 0.266. The molecule has 1 atom stereocenters. The van der Waals surface area contributed by atoms with Crippen molar-refractivity contribution >= 4 is 0 Å². The van der Waals surface area contributed by atoms with Crippen LogP contribution >= 0.6 is 0 Å². The third kappa shape index (κ3) is 5.22. The van der Waals surface area contributed by atoms with Gasteiger partial charge in [-0.05, 0) is 11.1 Å². The number of benzene rings is 2. The van der Waals surface area contributed by atoms with Crippen molar-refractivity contribution in [2.75, 3.05) is 26.4 Å². The van der Waals surface area contributed by atoms with Gasteiger partial charge in [0.15, 0.2) is 0 Å². The van der Waals surface area contributed by atoms with Crippen molar-refractivity contribution in [2.45, 2.75) is 12.2 Å². The average molecular weight is 303 g/mol. The maximum absolute atomic E-state index is 13.8. The van der Waals surface area contributed by atoms with Crippen molar-refractivity contribution in [1.29, 1.82) is 0 Å². The lowest BCUT2D eigenvalue weighted by atomic mass is 9.98. The van der Waals surface area contributed by atoms with Crippen LogP contribution in [0.15, 0.2) is 60.7 Å². The lowest BCUT2D eigenvalue weighted by Gasteiger charge is -2.21. The molecule has 0 amide bonds. The molecule has 22 heavy (non-hydrogen) atoms. The Morgan fingerprint density at radius 2 is 1.50 bits per heavy atom. The highest BCUT2D eigenvalue weighted by molar-refractivity contribution is 5.31. The Bertz CT molecular complexity index is 482. The van der Waals surface area contributed by atoms with Gasteiger partial charge in [-0.25, -0.2) is 4.39 Å². The van der Waals surface area contributed by atoms with E-state index in [4.69, 9.17) is 9.84 Å². The first kappa shape index (κ1) is 16.6. The second-order valence-electron chi connectivity index (χ2n) is 5.06. The molecule has 0 fully saturated rings. The highest BCUT2D eigenvalue weighted by Gasteiger charge is 2.15. The van der Waals surface area contributed by atoms with E-state index in [1.54, 1.807) is 0 Å². The minimum absolute atomic E-state index is 0.0101. The first-order valence-electron chi connectivity index (χ1n) is 7.47. The molecule has 2 aromatic carbocycles. The monoisotopic (exact) mass is 303 g/mol. The molecule has 0 aromatic heterocycles. The van der Waals surface area contributed by atoms with E-state index in [-0.39, 0.29) is 32.4 Å². The number of ether oxygens (including phenoxy) is 1. The third-order valence-electron chi connectivity index (χ3n) is 3.34. The number of aliphatic hydroxyl groups excluding tert-OH is 1. The van der Waals surface area contributed by atoms with Gasteiger partial charge in [0.05, 0.1) is 25.9 Å². The Hall–Kier alpha value is -1.75. The van der Waals surface area contributed by atoms with Gasteiger partial charge < -0.3 is 15.2 Å². The predicted octanol–water partition coefficient (Wildman–Crippen LogP) is 2.71. The molecule has 0 aliphatic rings. The molecule has 0 saturated carbocycles. The number of nitrogens with one attached hydrogen (secondary N) is 1. The van der Waals surface area contributed by atoms with Gasteiger partial charge in [-0.1, -0.05) is 60.7 Å². The van der Waals surface area contributed by atoms with Crippen LogP contribution in [0.1, 0.15) is 17.2 Å². The summed E-state index contributed by atoms with van der Waals surface area (Å²) < 4.78 is 18.9. The molecule has 2 aromatic rings. The van der Waals surface area contributed by atoms with Crippen LogP contribution in [0, 0.1) is 0 Å². The van der Waals surface area contributed by atoms with Gasteiger partial charge in [-0.15, -0.1) is 0 Å². The van der Waals surface area contributed by atoms with Crippen LogP contribution in [0.4, 0.5) is 4.39 Å². The van der Waals surface area contributed by atoms with Gasteiger partial charge in [0.1, 0.15) is 6.17 Å².